The highest BCUT2D eigenvalue weighted by molar-refractivity contribution is 6.31. The van der Waals surface area contributed by atoms with Gasteiger partial charge >= 0.3 is 0 Å². The monoisotopic (exact) mass is 313 g/mol. The van der Waals surface area contributed by atoms with Crippen molar-refractivity contribution in [3.63, 3.8) is 0 Å². The number of rotatable bonds is 5. The summed E-state index contributed by atoms with van der Waals surface area (Å²) in [5.41, 5.74) is 0.523. The molecule has 1 aromatic rings. The molecule has 1 aliphatic rings. The molecular weight excluding hydrogens is 293 g/mol. The highest BCUT2D eigenvalue weighted by atomic mass is 35.5. The van der Waals surface area contributed by atoms with Crippen molar-refractivity contribution >= 4 is 23.2 Å². The first-order chi connectivity index (χ1) is 10.1. The largest absolute Gasteiger partial charge is 0.325 e. The molecule has 0 saturated carbocycles. The molecule has 1 aliphatic heterocycles. The minimum absolute atomic E-state index is 0.0138. The van der Waals surface area contributed by atoms with Crippen molar-refractivity contribution in [2.45, 2.75) is 12.8 Å². The number of piperidine rings is 1. The quantitative estimate of drug-likeness (QED) is 0.877. The molecule has 1 unspecified atom stereocenters. The molecule has 21 heavy (non-hydrogen) atoms. The molecule has 2 N–H and O–H groups in total. The maximum atomic E-state index is 13.1. The first-order valence-electron chi connectivity index (χ1n) is 7.20. The molecule has 0 radical (unpaired) electrons. The molecule has 1 aromatic carbocycles. The Morgan fingerprint density at radius 2 is 2.33 bits per heavy atom. The number of hydrogen-bond donors (Lipinski definition) is 2. The smallest absolute Gasteiger partial charge is 0.238 e. The number of carbonyl (C=O) groups excluding carboxylic acids is 1. The summed E-state index contributed by atoms with van der Waals surface area (Å²) in [6.45, 7) is 3.21. The summed E-state index contributed by atoms with van der Waals surface area (Å²) in [7, 11) is 1.95. The topological polar surface area (TPSA) is 44.4 Å². The van der Waals surface area contributed by atoms with Gasteiger partial charge in [0.05, 0.1) is 11.6 Å². The lowest BCUT2D eigenvalue weighted by Crippen LogP contribution is -2.42. The van der Waals surface area contributed by atoms with Gasteiger partial charge < -0.3 is 10.6 Å². The van der Waals surface area contributed by atoms with Crippen LogP contribution in [-0.4, -0.2) is 44.0 Å². The number of benzene rings is 1. The van der Waals surface area contributed by atoms with Crippen molar-refractivity contribution in [3.05, 3.63) is 29.0 Å². The number of likely N-dealkylation sites (tertiary alicyclic amines) is 1. The van der Waals surface area contributed by atoms with E-state index in [2.05, 4.69) is 15.5 Å². The van der Waals surface area contributed by atoms with Crippen LogP contribution in [0.3, 0.4) is 0 Å². The van der Waals surface area contributed by atoms with Crippen LogP contribution in [0.2, 0.25) is 5.02 Å². The number of nitrogens with zero attached hydrogens (tertiary/aromatic N) is 1. The second kappa shape index (κ2) is 7.73. The predicted molar refractivity (Wildman–Crippen MR) is 83.1 cm³/mol. The predicted octanol–water partition coefficient (Wildman–Crippen LogP) is 2.35. The number of anilines is 1. The van der Waals surface area contributed by atoms with Crippen molar-refractivity contribution in [2.24, 2.45) is 5.92 Å². The van der Waals surface area contributed by atoms with E-state index in [1.807, 2.05) is 7.05 Å². The first kappa shape index (κ1) is 16.2. The second-order valence-corrected chi connectivity index (χ2v) is 5.89. The summed E-state index contributed by atoms with van der Waals surface area (Å²) >= 11 is 5.70. The SMILES string of the molecule is CNCC1CCCN(CC(=O)Nc2ccc(F)c(Cl)c2)C1. The van der Waals surface area contributed by atoms with Gasteiger partial charge in [0.15, 0.2) is 0 Å². The number of halogens is 2. The molecular formula is C15H21ClFN3O. The summed E-state index contributed by atoms with van der Waals surface area (Å²) in [4.78, 5) is 14.2. The normalized spacial score (nSPS) is 19.5. The average Bonchev–Trinajstić information content (AvgIpc) is 2.43. The van der Waals surface area contributed by atoms with Crippen molar-refractivity contribution in [1.82, 2.24) is 10.2 Å². The van der Waals surface area contributed by atoms with Gasteiger partial charge in [-0.15, -0.1) is 0 Å². The fourth-order valence-electron chi connectivity index (χ4n) is 2.73. The van der Waals surface area contributed by atoms with Gasteiger partial charge in [-0.1, -0.05) is 11.6 Å². The molecule has 0 bridgehead atoms. The van der Waals surface area contributed by atoms with Crippen LogP contribution in [0, 0.1) is 11.7 Å². The molecule has 2 rings (SSSR count). The molecule has 0 aliphatic carbocycles. The van der Waals surface area contributed by atoms with Crippen LogP contribution >= 0.6 is 11.6 Å². The number of carbonyl (C=O) groups is 1. The van der Waals surface area contributed by atoms with Crippen molar-refractivity contribution in [3.8, 4) is 0 Å². The van der Waals surface area contributed by atoms with Gasteiger partial charge in [-0.3, -0.25) is 9.69 Å². The van der Waals surface area contributed by atoms with E-state index in [1.54, 1.807) is 0 Å². The van der Waals surface area contributed by atoms with E-state index >= 15 is 0 Å². The molecule has 1 heterocycles. The third-order valence-electron chi connectivity index (χ3n) is 3.67. The average molecular weight is 314 g/mol. The van der Waals surface area contributed by atoms with E-state index in [0.717, 1.165) is 26.1 Å². The summed E-state index contributed by atoms with van der Waals surface area (Å²) in [6, 6.07) is 4.19. The summed E-state index contributed by atoms with van der Waals surface area (Å²) in [6.07, 6.45) is 2.31. The third-order valence-corrected chi connectivity index (χ3v) is 3.96. The van der Waals surface area contributed by atoms with Crippen LogP contribution in [0.4, 0.5) is 10.1 Å². The Hall–Kier alpha value is -1.17. The van der Waals surface area contributed by atoms with Crippen molar-refractivity contribution < 1.29 is 9.18 Å². The standard InChI is InChI=1S/C15H21ClFN3O/c1-18-8-11-3-2-6-20(9-11)10-15(21)19-12-4-5-14(17)13(16)7-12/h4-5,7,11,18H,2-3,6,8-10H2,1H3,(H,19,21). The number of amides is 1. The molecule has 116 valence electrons. The van der Waals surface area contributed by atoms with Gasteiger partial charge in [-0.05, 0) is 57.1 Å². The van der Waals surface area contributed by atoms with E-state index in [4.69, 9.17) is 11.6 Å². The zero-order valence-corrected chi connectivity index (χ0v) is 12.9. The van der Waals surface area contributed by atoms with Gasteiger partial charge in [0.1, 0.15) is 5.82 Å². The molecule has 1 atom stereocenters. The van der Waals surface area contributed by atoms with Gasteiger partial charge in [-0.2, -0.15) is 0 Å². The number of hydrogen-bond acceptors (Lipinski definition) is 3. The Labute approximate surface area is 129 Å². The maximum Gasteiger partial charge on any atom is 0.238 e. The van der Waals surface area contributed by atoms with Crippen LogP contribution in [-0.2, 0) is 4.79 Å². The Balaban J connectivity index is 1.84. The van der Waals surface area contributed by atoms with Crippen LogP contribution in [0.15, 0.2) is 18.2 Å². The van der Waals surface area contributed by atoms with Crippen molar-refractivity contribution in [2.75, 3.05) is 38.5 Å². The van der Waals surface area contributed by atoms with E-state index in [9.17, 15) is 9.18 Å². The van der Waals surface area contributed by atoms with Crippen LogP contribution in [0.25, 0.3) is 0 Å². The third kappa shape index (κ3) is 4.95. The summed E-state index contributed by atoms with van der Waals surface area (Å²) < 4.78 is 13.1. The lowest BCUT2D eigenvalue weighted by atomic mass is 9.98. The second-order valence-electron chi connectivity index (χ2n) is 5.48. The van der Waals surface area contributed by atoms with Gasteiger partial charge in [0, 0.05) is 12.2 Å². The highest BCUT2D eigenvalue weighted by Crippen LogP contribution is 2.20. The van der Waals surface area contributed by atoms with Crippen molar-refractivity contribution in [1.29, 1.82) is 0 Å². The van der Waals surface area contributed by atoms with Crippen LogP contribution in [0.1, 0.15) is 12.8 Å². The molecule has 0 aromatic heterocycles. The van der Waals surface area contributed by atoms with Gasteiger partial charge in [0.2, 0.25) is 5.91 Å². The molecule has 4 nitrogen and oxygen atoms in total. The molecule has 0 spiro atoms. The van der Waals surface area contributed by atoms with Gasteiger partial charge in [0.25, 0.3) is 0 Å². The van der Waals surface area contributed by atoms with E-state index in [1.165, 1.54) is 24.6 Å². The van der Waals surface area contributed by atoms with E-state index in [-0.39, 0.29) is 10.9 Å². The number of nitrogens with one attached hydrogen (secondary N) is 2. The Morgan fingerprint density at radius 1 is 1.52 bits per heavy atom. The molecule has 1 fully saturated rings. The van der Waals surface area contributed by atoms with Crippen LogP contribution in [0.5, 0.6) is 0 Å². The minimum atomic E-state index is -0.486. The Morgan fingerprint density at radius 3 is 3.05 bits per heavy atom. The Bertz CT molecular complexity index is 496. The Kier molecular flexibility index (Phi) is 5.96. The molecule has 1 amide bonds. The molecule has 6 heteroatoms. The lowest BCUT2D eigenvalue weighted by molar-refractivity contribution is -0.117. The van der Waals surface area contributed by atoms with Gasteiger partial charge in [-0.25, -0.2) is 4.39 Å². The minimum Gasteiger partial charge on any atom is -0.325 e. The zero-order chi connectivity index (χ0) is 15.2. The fourth-order valence-corrected chi connectivity index (χ4v) is 2.91. The lowest BCUT2D eigenvalue weighted by Gasteiger charge is -2.32. The molecule has 1 saturated heterocycles. The van der Waals surface area contributed by atoms with E-state index in [0.29, 0.717) is 18.2 Å². The zero-order valence-electron chi connectivity index (χ0n) is 12.2. The van der Waals surface area contributed by atoms with Crippen LogP contribution < -0.4 is 10.6 Å². The highest BCUT2D eigenvalue weighted by Gasteiger charge is 2.21. The van der Waals surface area contributed by atoms with E-state index < -0.39 is 5.82 Å². The summed E-state index contributed by atoms with van der Waals surface area (Å²) in [5, 5.41) is 5.96. The maximum absolute atomic E-state index is 13.1. The first-order valence-corrected chi connectivity index (χ1v) is 7.58. The summed E-state index contributed by atoms with van der Waals surface area (Å²) in [5.74, 6) is 0.0141. The fraction of sp³-hybridized carbons (Fsp3) is 0.533.